The van der Waals surface area contributed by atoms with Gasteiger partial charge in [-0.15, -0.1) is 15.3 Å². The van der Waals surface area contributed by atoms with Crippen LogP contribution < -0.4 is 10.2 Å². The van der Waals surface area contributed by atoms with E-state index in [1.165, 1.54) is 12.8 Å². The molecule has 4 heterocycles. The van der Waals surface area contributed by atoms with Crippen molar-refractivity contribution in [2.75, 3.05) is 23.3 Å². The van der Waals surface area contributed by atoms with Crippen molar-refractivity contribution in [2.45, 2.75) is 26.3 Å². The molecule has 0 aliphatic carbocycles. The van der Waals surface area contributed by atoms with Gasteiger partial charge in [0.2, 0.25) is 0 Å². The summed E-state index contributed by atoms with van der Waals surface area (Å²) in [6, 6.07) is 5.87. The van der Waals surface area contributed by atoms with Crippen LogP contribution in [0.15, 0.2) is 24.5 Å². The standard InChI is InChI=1S/C15H18N8/c1-11-8-12(18-10-17-11)16-9-15-20-19-13-4-5-14(21-23(13)15)22-6-2-3-7-22/h4-5,8,10H,2-3,6-7,9H2,1H3,(H,16,17,18). The van der Waals surface area contributed by atoms with Gasteiger partial charge in [-0.2, -0.15) is 4.52 Å². The smallest absolute Gasteiger partial charge is 0.178 e. The number of anilines is 2. The van der Waals surface area contributed by atoms with Crippen LogP contribution in [0.1, 0.15) is 24.4 Å². The quantitative estimate of drug-likeness (QED) is 0.780. The van der Waals surface area contributed by atoms with Crippen LogP contribution in [0.5, 0.6) is 0 Å². The SMILES string of the molecule is Cc1cc(NCc2nnc3ccc(N4CCCC4)nn23)ncn1. The van der Waals surface area contributed by atoms with Gasteiger partial charge in [0.05, 0.1) is 6.54 Å². The van der Waals surface area contributed by atoms with E-state index in [2.05, 4.69) is 30.4 Å². The van der Waals surface area contributed by atoms with Crippen LogP contribution >= 0.6 is 0 Å². The summed E-state index contributed by atoms with van der Waals surface area (Å²) in [5, 5.41) is 16.3. The zero-order valence-corrected chi connectivity index (χ0v) is 13.0. The van der Waals surface area contributed by atoms with Crippen LogP contribution in [0.3, 0.4) is 0 Å². The van der Waals surface area contributed by atoms with Crippen molar-refractivity contribution in [1.82, 2.24) is 29.8 Å². The molecule has 1 aliphatic rings. The predicted molar refractivity (Wildman–Crippen MR) is 86.3 cm³/mol. The fourth-order valence-electron chi connectivity index (χ4n) is 2.77. The van der Waals surface area contributed by atoms with E-state index >= 15 is 0 Å². The highest BCUT2D eigenvalue weighted by Gasteiger charge is 2.15. The van der Waals surface area contributed by atoms with Crippen LogP contribution in [-0.2, 0) is 6.54 Å². The predicted octanol–water partition coefficient (Wildman–Crippen LogP) is 1.44. The van der Waals surface area contributed by atoms with Crippen LogP contribution in [0.25, 0.3) is 5.65 Å². The zero-order chi connectivity index (χ0) is 15.6. The second kappa shape index (κ2) is 5.79. The molecule has 0 unspecified atom stereocenters. The minimum Gasteiger partial charge on any atom is -0.363 e. The Morgan fingerprint density at radius 1 is 1.13 bits per heavy atom. The number of nitrogens with one attached hydrogen (secondary N) is 1. The molecule has 0 spiro atoms. The van der Waals surface area contributed by atoms with Crippen molar-refractivity contribution in [1.29, 1.82) is 0 Å². The van der Waals surface area contributed by atoms with Gasteiger partial charge in [0.1, 0.15) is 18.0 Å². The van der Waals surface area contributed by atoms with E-state index in [-0.39, 0.29) is 0 Å². The molecule has 8 nitrogen and oxygen atoms in total. The highest BCUT2D eigenvalue weighted by Crippen LogP contribution is 2.18. The second-order valence-electron chi connectivity index (χ2n) is 5.67. The summed E-state index contributed by atoms with van der Waals surface area (Å²) in [5.41, 5.74) is 1.67. The molecule has 1 N–H and O–H groups in total. The van der Waals surface area contributed by atoms with Gasteiger partial charge in [-0.05, 0) is 31.9 Å². The maximum absolute atomic E-state index is 4.69. The molecule has 1 fully saturated rings. The molecule has 118 valence electrons. The fourth-order valence-corrected chi connectivity index (χ4v) is 2.77. The highest BCUT2D eigenvalue weighted by atomic mass is 15.4. The molecule has 1 aliphatic heterocycles. The van der Waals surface area contributed by atoms with Crippen LogP contribution in [0, 0.1) is 6.92 Å². The van der Waals surface area contributed by atoms with Crippen molar-refractivity contribution in [3.63, 3.8) is 0 Å². The van der Waals surface area contributed by atoms with E-state index in [0.29, 0.717) is 6.54 Å². The van der Waals surface area contributed by atoms with Gasteiger partial charge >= 0.3 is 0 Å². The molecule has 0 amide bonds. The number of nitrogens with zero attached hydrogens (tertiary/aromatic N) is 7. The molecule has 0 radical (unpaired) electrons. The van der Waals surface area contributed by atoms with Gasteiger partial charge in [-0.1, -0.05) is 0 Å². The molecule has 0 saturated carbocycles. The van der Waals surface area contributed by atoms with E-state index in [4.69, 9.17) is 5.10 Å². The van der Waals surface area contributed by atoms with Gasteiger partial charge in [-0.3, -0.25) is 0 Å². The van der Waals surface area contributed by atoms with Gasteiger partial charge in [0.25, 0.3) is 0 Å². The average molecular weight is 310 g/mol. The number of hydrogen-bond acceptors (Lipinski definition) is 7. The van der Waals surface area contributed by atoms with E-state index in [0.717, 1.165) is 41.9 Å². The lowest BCUT2D eigenvalue weighted by Crippen LogP contribution is -2.20. The molecule has 0 bridgehead atoms. The monoisotopic (exact) mass is 310 g/mol. The third kappa shape index (κ3) is 2.79. The maximum atomic E-state index is 4.69. The first-order chi connectivity index (χ1) is 11.3. The number of aromatic nitrogens is 6. The lowest BCUT2D eigenvalue weighted by atomic mass is 10.4. The summed E-state index contributed by atoms with van der Waals surface area (Å²) in [4.78, 5) is 10.6. The molecule has 8 heteroatoms. The Labute approximate surface area is 133 Å². The Balaban J connectivity index is 1.58. The van der Waals surface area contributed by atoms with Crippen LogP contribution in [0.4, 0.5) is 11.6 Å². The normalized spacial score (nSPS) is 14.6. The topological polar surface area (TPSA) is 84.1 Å². The van der Waals surface area contributed by atoms with Crippen molar-refractivity contribution in [3.8, 4) is 0 Å². The average Bonchev–Trinajstić information content (AvgIpc) is 3.22. The number of rotatable bonds is 4. The molecule has 0 atom stereocenters. The zero-order valence-electron chi connectivity index (χ0n) is 13.0. The molecule has 23 heavy (non-hydrogen) atoms. The van der Waals surface area contributed by atoms with Gasteiger partial charge in [0, 0.05) is 24.8 Å². The van der Waals surface area contributed by atoms with Crippen LogP contribution in [-0.4, -0.2) is 42.9 Å². The first kappa shape index (κ1) is 13.9. The highest BCUT2D eigenvalue weighted by molar-refractivity contribution is 5.46. The van der Waals surface area contributed by atoms with E-state index in [9.17, 15) is 0 Å². The number of hydrogen-bond donors (Lipinski definition) is 1. The van der Waals surface area contributed by atoms with Crippen molar-refractivity contribution < 1.29 is 0 Å². The summed E-state index contributed by atoms with van der Waals surface area (Å²) in [5.74, 6) is 2.51. The summed E-state index contributed by atoms with van der Waals surface area (Å²) < 4.78 is 1.80. The largest absolute Gasteiger partial charge is 0.363 e. The van der Waals surface area contributed by atoms with Crippen molar-refractivity contribution >= 4 is 17.3 Å². The lowest BCUT2D eigenvalue weighted by molar-refractivity contribution is 0.802. The number of fused-ring (bicyclic) bond motifs is 1. The van der Waals surface area contributed by atoms with Gasteiger partial charge in [-0.25, -0.2) is 9.97 Å². The third-order valence-corrected chi connectivity index (χ3v) is 3.97. The molecular formula is C15H18N8. The van der Waals surface area contributed by atoms with Crippen molar-refractivity contribution in [3.05, 3.63) is 36.0 Å². The Morgan fingerprint density at radius 3 is 2.83 bits per heavy atom. The molecule has 4 rings (SSSR count). The number of aryl methyl sites for hydroxylation is 1. The lowest BCUT2D eigenvalue weighted by Gasteiger charge is -2.15. The van der Waals surface area contributed by atoms with Gasteiger partial charge < -0.3 is 10.2 Å². The minimum absolute atomic E-state index is 0.508. The third-order valence-electron chi connectivity index (χ3n) is 3.97. The Bertz CT molecular complexity index is 821. The Kier molecular flexibility index (Phi) is 3.49. The Morgan fingerprint density at radius 2 is 2.00 bits per heavy atom. The summed E-state index contributed by atoms with van der Waals surface area (Å²) in [7, 11) is 0. The molecule has 1 saturated heterocycles. The van der Waals surface area contributed by atoms with Gasteiger partial charge in [0.15, 0.2) is 11.5 Å². The molecule has 0 aromatic carbocycles. The van der Waals surface area contributed by atoms with E-state index in [1.807, 2.05) is 25.1 Å². The first-order valence-electron chi connectivity index (χ1n) is 7.78. The maximum Gasteiger partial charge on any atom is 0.178 e. The van der Waals surface area contributed by atoms with E-state index < -0.39 is 0 Å². The second-order valence-corrected chi connectivity index (χ2v) is 5.67. The van der Waals surface area contributed by atoms with E-state index in [1.54, 1.807) is 10.8 Å². The summed E-state index contributed by atoms with van der Waals surface area (Å²) in [6.07, 6.45) is 4.00. The summed E-state index contributed by atoms with van der Waals surface area (Å²) in [6.45, 7) is 4.57. The van der Waals surface area contributed by atoms with Crippen molar-refractivity contribution in [2.24, 2.45) is 0 Å². The fraction of sp³-hybridized carbons (Fsp3) is 0.400. The molecular weight excluding hydrogens is 292 g/mol. The van der Waals surface area contributed by atoms with Crippen LogP contribution in [0.2, 0.25) is 0 Å². The first-order valence-corrected chi connectivity index (χ1v) is 7.78. The molecule has 3 aromatic rings. The summed E-state index contributed by atoms with van der Waals surface area (Å²) >= 11 is 0. The molecule has 3 aromatic heterocycles. The Hall–Kier alpha value is -2.77. The minimum atomic E-state index is 0.508.